The van der Waals surface area contributed by atoms with Crippen LogP contribution in [0.15, 0.2) is 0 Å². The van der Waals surface area contributed by atoms with Crippen LogP contribution in [0, 0.1) is 0 Å². The molecule has 0 bridgehead atoms. The molecule has 14 heteroatoms. The molecule has 12 unspecified atom stereocenters. The lowest BCUT2D eigenvalue weighted by Gasteiger charge is -2.46. The monoisotopic (exact) mass is 850 g/mol. The van der Waals surface area contributed by atoms with Crippen molar-refractivity contribution in [3.63, 3.8) is 0 Å². The van der Waals surface area contributed by atoms with Gasteiger partial charge in [0, 0.05) is 6.42 Å². The maximum atomic E-state index is 12.5. The van der Waals surface area contributed by atoms with E-state index >= 15 is 0 Å². The maximum absolute atomic E-state index is 12.5. The summed E-state index contributed by atoms with van der Waals surface area (Å²) in [5.74, 6) is -0.258. The second-order valence-corrected chi connectivity index (χ2v) is 17.2. The molecule has 2 heterocycles. The van der Waals surface area contributed by atoms with Crippen molar-refractivity contribution in [3.05, 3.63) is 0 Å². The summed E-state index contributed by atoms with van der Waals surface area (Å²) < 4.78 is 22.4. The molecule has 59 heavy (non-hydrogen) atoms. The Morgan fingerprint density at radius 2 is 0.966 bits per heavy atom. The third kappa shape index (κ3) is 21.8. The van der Waals surface area contributed by atoms with Crippen LogP contribution >= 0.6 is 0 Å². The van der Waals surface area contributed by atoms with Crippen LogP contribution in [-0.4, -0.2) is 140 Å². The smallest absolute Gasteiger partial charge is 0.220 e. The van der Waals surface area contributed by atoms with Crippen molar-refractivity contribution in [1.82, 2.24) is 5.32 Å². The molecule has 0 spiro atoms. The van der Waals surface area contributed by atoms with Crippen LogP contribution in [0.2, 0.25) is 0 Å². The van der Waals surface area contributed by atoms with Crippen LogP contribution in [0.1, 0.15) is 187 Å². The minimum atomic E-state index is -1.78. The van der Waals surface area contributed by atoms with Gasteiger partial charge in [-0.3, -0.25) is 4.79 Å². The van der Waals surface area contributed by atoms with Gasteiger partial charge < -0.3 is 65.1 Å². The van der Waals surface area contributed by atoms with Crippen molar-refractivity contribution >= 4 is 5.91 Å². The first-order chi connectivity index (χ1) is 28.6. The molecule has 9 N–H and O–H groups in total. The van der Waals surface area contributed by atoms with Gasteiger partial charge in [-0.2, -0.15) is 0 Å². The molecular formula is C45H87NO13. The van der Waals surface area contributed by atoms with E-state index in [-0.39, 0.29) is 18.9 Å². The van der Waals surface area contributed by atoms with Crippen LogP contribution in [-0.2, 0) is 23.7 Å². The number of carbonyl (C=O) groups is 1. The predicted octanol–water partition coefficient (Wildman–Crippen LogP) is 5.05. The third-order valence-corrected chi connectivity index (χ3v) is 12.0. The van der Waals surface area contributed by atoms with Crippen molar-refractivity contribution in [3.8, 4) is 0 Å². The number of carbonyl (C=O) groups excluding carboxylic acids is 1. The number of aliphatic hydroxyl groups excluding tert-OH is 8. The fourth-order valence-corrected chi connectivity index (χ4v) is 8.16. The molecule has 0 radical (unpaired) electrons. The van der Waals surface area contributed by atoms with Crippen molar-refractivity contribution < 1.29 is 64.6 Å². The van der Waals surface area contributed by atoms with Crippen molar-refractivity contribution in [1.29, 1.82) is 0 Å². The molecule has 12 atom stereocenters. The summed E-state index contributed by atoms with van der Waals surface area (Å²) in [6, 6.07) is -0.817. The average Bonchev–Trinajstić information content (AvgIpc) is 3.23. The molecule has 0 aromatic heterocycles. The predicted molar refractivity (Wildman–Crippen MR) is 226 cm³/mol. The Hall–Kier alpha value is -1.01. The van der Waals surface area contributed by atoms with Crippen molar-refractivity contribution in [2.45, 2.75) is 261 Å². The average molecular weight is 850 g/mol. The fraction of sp³-hybridized carbons (Fsp3) is 0.978. The zero-order chi connectivity index (χ0) is 43.3. The Morgan fingerprint density at radius 1 is 0.542 bits per heavy atom. The van der Waals surface area contributed by atoms with E-state index < -0.39 is 86.8 Å². The fourth-order valence-electron chi connectivity index (χ4n) is 8.16. The van der Waals surface area contributed by atoms with Gasteiger partial charge in [-0.05, 0) is 12.8 Å². The number of aliphatic hydroxyl groups is 8. The minimum absolute atomic E-state index is 0.249. The van der Waals surface area contributed by atoms with E-state index in [0.29, 0.717) is 12.8 Å². The van der Waals surface area contributed by atoms with Gasteiger partial charge in [0.05, 0.1) is 32.0 Å². The number of hydrogen-bond acceptors (Lipinski definition) is 13. The van der Waals surface area contributed by atoms with E-state index in [1.54, 1.807) is 0 Å². The first-order valence-electron chi connectivity index (χ1n) is 23.8. The highest BCUT2D eigenvalue weighted by atomic mass is 16.7. The normalized spacial score (nSPS) is 28.4. The lowest BCUT2D eigenvalue weighted by molar-refractivity contribution is -0.359. The molecule has 1 amide bonds. The van der Waals surface area contributed by atoms with E-state index in [4.69, 9.17) is 18.9 Å². The van der Waals surface area contributed by atoms with Gasteiger partial charge in [0.25, 0.3) is 0 Å². The number of unbranched alkanes of at least 4 members (excludes halogenated alkanes) is 23. The Bertz CT molecular complexity index is 1010. The summed E-state index contributed by atoms with van der Waals surface area (Å²) in [5, 5.41) is 85.8. The highest BCUT2D eigenvalue weighted by Crippen LogP contribution is 2.30. The summed E-state index contributed by atoms with van der Waals surface area (Å²) in [4.78, 5) is 12.5. The molecule has 2 rings (SSSR count). The van der Waals surface area contributed by atoms with Crippen LogP contribution in [0.25, 0.3) is 0 Å². The summed E-state index contributed by atoms with van der Waals surface area (Å²) >= 11 is 0. The quantitative estimate of drug-likeness (QED) is 0.0377. The van der Waals surface area contributed by atoms with Gasteiger partial charge in [-0.1, -0.05) is 168 Å². The van der Waals surface area contributed by atoms with Crippen LogP contribution in [0.5, 0.6) is 0 Å². The molecular weight excluding hydrogens is 762 g/mol. The second kappa shape index (κ2) is 33.5. The van der Waals surface area contributed by atoms with Gasteiger partial charge in [0.2, 0.25) is 5.91 Å². The summed E-state index contributed by atoms with van der Waals surface area (Å²) in [6.45, 7) is 2.50. The minimum Gasteiger partial charge on any atom is -0.394 e. The third-order valence-electron chi connectivity index (χ3n) is 12.0. The molecule has 2 aliphatic rings. The Kier molecular flexibility index (Phi) is 30.8. The SMILES string of the molecule is CCCCCCCCCCCCCCCCCCCCCCCCCCC(O)C(COC1OC(CO)C(OC2OC(CO)C(O)C(O)C2O)C(O)C1O)NC(=O)CCC. The lowest BCUT2D eigenvalue weighted by atomic mass is 9.97. The number of hydrogen-bond donors (Lipinski definition) is 9. The molecule has 2 saturated heterocycles. The Balaban J connectivity index is 1.60. The first-order valence-corrected chi connectivity index (χ1v) is 23.8. The standard InChI is InChI=1S/C45H87NO13/c1-3-5-6-7-8-9-10-11-12-13-14-15-16-17-18-19-20-21-22-23-24-25-26-27-29-34(49)33(46-37(50)28-4-2)32-56-44-42(55)40(53)43(36(31-48)58-44)59-45-41(54)39(52)38(51)35(30-47)57-45/h33-36,38-45,47-49,51-55H,3-32H2,1-2H3,(H,46,50). The van der Waals surface area contributed by atoms with E-state index in [9.17, 15) is 45.6 Å². The molecule has 2 aliphatic heterocycles. The molecule has 2 fully saturated rings. The summed E-state index contributed by atoms with van der Waals surface area (Å²) in [7, 11) is 0. The number of rotatable bonds is 36. The highest BCUT2D eigenvalue weighted by Gasteiger charge is 2.51. The maximum Gasteiger partial charge on any atom is 0.220 e. The molecule has 0 saturated carbocycles. The zero-order valence-electron chi connectivity index (χ0n) is 36.8. The van der Waals surface area contributed by atoms with Crippen LogP contribution in [0.4, 0.5) is 0 Å². The summed E-state index contributed by atoms with van der Waals surface area (Å²) in [6.07, 6.45) is 16.0. The number of nitrogens with one attached hydrogen (secondary N) is 1. The van der Waals surface area contributed by atoms with Gasteiger partial charge in [0.15, 0.2) is 12.6 Å². The van der Waals surface area contributed by atoms with E-state index in [1.807, 2.05) is 6.92 Å². The van der Waals surface area contributed by atoms with Gasteiger partial charge in [-0.25, -0.2) is 0 Å². The lowest BCUT2D eigenvalue weighted by Crippen LogP contribution is -2.65. The molecule has 14 nitrogen and oxygen atoms in total. The number of ether oxygens (including phenoxy) is 4. The summed E-state index contributed by atoms with van der Waals surface area (Å²) in [5.41, 5.74) is 0. The molecule has 0 aromatic rings. The van der Waals surface area contributed by atoms with E-state index in [0.717, 1.165) is 25.7 Å². The molecule has 0 aromatic carbocycles. The van der Waals surface area contributed by atoms with Crippen molar-refractivity contribution in [2.75, 3.05) is 19.8 Å². The molecule has 350 valence electrons. The van der Waals surface area contributed by atoms with Gasteiger partial charge >= 0.3 is 0 Å². The Morgan fingerprint density at radius 3 is 1.41 bits per heavy atom. The van der Waals surface area contributed by atoms with Gasteiger partial charge in [-0.15, -0.1) is 0 Å². The second-order valence-electron chi connectivity index (χ2n) is 17.2. The Labute approximate surface area is 355 Å². The van der Waals surface area contributed by atoms with E-state index in [1.165, 1.54) is 128 Å². The highest BCUT2D eigenvalue weighted by molar-refractivity contribution is 5.76. The largest absolute Gasteiger partial charge is 0.394 e. The van der Waals surface area contributed by atoms with Crippen LogP contribution in [0.3, 0.4) is 0 Å². The van der Waals surface area contributed by atoms with E-state index in [2.05, 4.69) is 12.2 Å². The van der Waals surface area contributed by atoms with Crippen LogP contribution < -0.4 is 5.32 Å². The molecule has 0 aliphatic carbocycles. The van der Waals surface area contributed by atoms with Crippen molar-refractivity contribution in [2.24, 2.45) is 0 Å². The zero-order valence-corrected chi connectivity index (χ0v) is 36.8. The van der Waals surface area contributed by atoms with Gasteiger partial charge in [0.1, 0.15) is 48.8 Å². The number of amides is 1. The first kappa shape index (κ1) is 54.1. The topological polar surface area (TPSA) is 228 Å².